The summed E-state index contributed by atoms with van der Waals surface area (Å²) in [5, 5.41) is 4.03. The van der Waals surface area contributed by atoms with Gasteiger partial charge < -0.3 is 4.52 Å². The van der Waals surface area contributed by atoms with Crippen LogP contribution in [0.25, 0.3) is 11.4 Å². The lowest BCUT2D eigenvalue weighted by molar-refractivity contribution is 0.0825. The third-order valence-electron chi connectivity index (χ3n) is 4.76. The minimum atomic E-state index is 0.0993. The van der Waals surface area contributed by atoms with Crippen molar-refractivity contribution in [3.05, 3.63) is 66.3 Å². The van der Waals surface area contributed by atoms with Crippen LogP contribution in [-0.2, 0) is 6.54 Å². The van der Waals surface area contributed by atoms with Crippen LogP contribution in [0.1, 0.15) is 29.1 Å². The fourth-order valence-electron chi connectivity index (χ4n) is 3.31. The molecule has 1 saturated heterocycles. The molecule has 0 amide bonds. The van der Waals surface area contributed by atoms with E-state index in [0.29, 0.717) is 18.3 Å². The highest BCUT2D eigenvalue weighted by atomic mass is 16.5. The van der Waals surface area contributed by atoms with Gasteiger partial charge in [-0.15, -0.1) is 0 Å². The van der Waals surface area contributed by atoms with Gasteiger partial charge in [-0.1, -0.05) is 35.5 Å². The van der Waals surface area contributed by atoms with Crippen molar-refractivity contribution in [1.82, 2.24) is 20.0 Å². The Bertz CT molecular complexity index is 856. The van der Waals surface area contributed by atoms with E-state index in [-0.39, 0.29) is 11.7 Å². The van der Waals surface area contributed by atoms with Crippen LogP contribution >= 0.6 is 0 Å². The van der Waals surface area contributed by atoms with Crippen molar-refractivity contribution >= 4 is 5.78 Å². The Morgan fingerprint density at radius 1 is 1.12 bits per heavy atom. The smallest absolute Gasteiger partial charge is 0.241 e. The van der Waals surface area contributed by atoms with Crippen LogP contribution < -0.4 is 0 Å². The van der Waals surface area contributed by atoms with Gasteiger partial charge in [-0.25, -0.2) is 0 Å². The van der Waals surface area contributed by atoms with Crippen LogP contribution in [0, 0.1) is 5.92 Å². The second kappa shape index (κ2) is 7.58. The SMILES string of the molecule is O=C(c1ccccc1)C1CCN(Cc2nc(-c3cccnc3)no2)CC1. The molecule has 1 aromatic carbocycles. The van der Waals surface area contributed by atoms with Gasteiger partial charge in [0.25, 0.3) is 0 Å². The third kappa shape index (κ3) is 3.70. The molecule has 0 unspecified atom stereocenters. The molecule has 2 aromatic heterocycles. The largest absolute Gasteiger partial charge is 0.338 e. The van der Waals surface area contributed by atoms with Crippen LogP contribution in [0.15, 0.2) is 59.4 Å². The zero-order chi connectivity index (χ0) is 17.8. The molecule has 1 fully saturated rings. The van der Waals surface area contributed by atoms with Crippen molar-refractivity contribution in [1.29, 1.82) is 0 Å². The first-order valence-corrected chi connectivity index (χ1v) is 8.84. The predicted molar refractivity (Wildman–Crippen MR) is 96.3 cm³/mol. The number of carbonyl (C=O) groups excluding carboxylic acids is 1. The van der Waals surface area contributed by atoms with Gasteiger partial charge in [-0.05, 0) is 38.1 Å². The molecule has 6 heteroatoms. The van der Waals surface area contributed by atoms with Crippen molar-refractivity contribution in [2.45, 2.75) is 19.4 Å². The monoisotopic (exact) mass is 348 g/mol. The standard InChI is InChI=1S/C20H20N4O2/c25-19(15-5-2-1-3-6-15)16-8-11-24(12-9-16)14-18-22-20(23-26-18)17-7-4-10-21-13-17/h1-7,10,13,16H,8-9,11-12,14H2. The minimum absolute atomic E-state index is 0.0993. The van der Waals surface area contributed by atoms with Crippen LogP contribution in [0.5, 0.6) is 0 Å². The van der Waals surface area contributed by atoms with Gasteiger partial charge in [-0.3, -0.25) is 14.7 Å². The average molecular weight is 348 g/mol. The van der Waals surface area contributed by atoms with Crippen molar-refractivity contribution in [2.75, 3.05) is 13.1 Å². The number of nitrogens with zero attached hydrogens (tertiary/aromatic N) is 4. The Morgan fingerprint density at radius 3 is 2.65 bits per heavy atom. The molecule has 0 N–H and O–H groups in total. The molecule has 3 aromatic rings. The summed E-state index contributed by atoms with van der Waals surface area (Å²) in [7, 11) is 0. The summed E-state index contributed by atoms with van der Waals surface area (Å²) >= 11 is 0. The van der Waals surface area contributed by atoms with E-state index in [9.17, 15) is 4.79 Å². The Kier molecular flexibility index (Phi) is 4.84. The lowest BCUT2D eigenvalue weighted by atomic mass is 9.89. The van der Waals surface area contributed by atoms with Crippen molar-refractivity contribution in [3.63, 3.8) is 0 Å². The van der Waals surface area contributed by atoms with E-state index >= 15 is 0 Å². The van der Waals surface area contributed by atoms with Crippen LogP contribution in [-0.4, -0.2) is 38.9 Å². The molecule has 0 bridgehead atoms. The number of likely N-dealkylation sites (tertiary alicyclic amines) is 1. The van der Waals surface area contributed by atoms with Gasteiger partial charge in [0.2, 0.25) is 11.7 Å². The topological polar surface area (TPSA) is 72.1 Å². The second-order valence-corrected chi connectivity index (χ2v) is 6.53. The molecule has 4 rings (SSSR count). The summed E-state index contributed by atoms with van der Waals surface area (Å²) in [4.78, 5) is 23.3. The maximum atomic E-state index is 12.6. The highest BCUT2D eigenvalue weighted by Crippen LogP contribution is 2.23. The van der Waals surface area contributed by atoms with Gasteiger partial charge in [0, 0.05) is 29.4 Å². The normalized spacial score (nSPS) is 15.8. The summed E-state index contributed by atoms with van der Waals surface area (Å²) < 4.78 is 5.37. The van der Waals surface area contributed by atoms with Crippen molar-refractivity contribution in [2.24, 2.45) is 5.92 Å². The number of aromatic nitrogens is 3. The van der Waals surface area contributed by atoms with E-state index in [1.54, 1.807) is 12.4 Å². The molecule has 132 valence electrons. The van der Waals surface area contributed by atoms with E-state index < -0.39 is 0 Å². The van der Waals surface area contributed by atoms with Crippen molar-refractivity contribution < 1.29 is 9.32 Å². The van der Waals surface area contributed by atoms with Gasteiger partial charge in [0.15, 0.2) is 5.78 Å². The van der Waals surface area contributed by atoms with E-state index in [2.05, 4.69) is 20.0 Å². The van der Waals surface area contributed by atoms with Crippen LogP contribution in [0.2, 0.25) is 0 Å². The number of hydrogen-bond acceptors (Lipinski definition) is 6. The highest BCUT2D eigenvalue weighted by molar-refractivity contribution is 5.97. The first-order chi connectivity index (χ1) is 12.8. The summed E-state index contributed by atoms with van der Waals surface area (Å²) in [6, 6.07) is 13.3. The number of pyridine rings is 1. The lowest BCUT2D eigenvalue weighted by Gasteiger charge is -2.30. The number of benzene rings is 1. The number of Topliss-reactive ketones (excluding diaryl/α,β-unsaturated/α-hetero) is 1. The molecule has 3 heterocycles. The molecule has 1 aliphatic rings. The zero-order valence-electron chi connectivity index (χ0n) is 14.4. The number of ketones is 1. The Balaban J connectivity index is 1.33. The molecule has 1 aliphatic heterocycles. The number of rotatable bonds is 5. The van der Waals surface area contributed by atoms with E-state index in [1.807, 2.05) is 42.5 Å². The van der Waals surface area contributed by atoms with E-state index in [0.717, 1.165) is 37.1 Å². The minimum Gasteiger partial charge on any atom is -0.338 e. The van der Waals surface area contributed by atoms with Gasteiger partial charge >= 0.3 is 0 Å². The molecule has 0 atom stereocenters. The predicted octanol–water partition coefficient (Wildman–Crippen LogP) is 3.23. The second-order valence-electron chi connectivity index (χ2n) is 6.53. The molecule has 0 spiro atoms. The molecular formula is C20H20N4O2. The first kappa shape index (κ1) is 16.6. The van der Waals surface area contributed by atoms with E-state index in [1.165, 1.54) is 0 Å². The highest BCUT2D eigenvalue weighted by Gasteiger charge is 2.26. The molecule has 0 radical (unpaired) electrons. The van der Waals surface area contributed by atoms with Crippen LogP contribution in [0.3, 0.4) is 0 Å². The maximum Gasteiger partial charge on any atom is 0.241 e. The van der Waals surface area contributed by atoms with Gasteiger partial charge in [0.1, 0.15) is 0 Å². The molecular weight excluding hydrogens is 328 g/mol. The van der Waals surface area contributed by atoms with Gasteiger partial charge in [-0.2, -0.15) is 4.98 Å². The summed E-state index contributed by atoms with van der Waals surface area (Å²) in [6.45, 7) is 2.32. The zero-order valence-corrected chi connectivity index (χ0v) is 14.4. The average Bonchev–Trinajstić information content (AvgIpc) is 3.18. The Morgan fingerprint density at radius 2 is 1.92 bits per heavy atom. The number of carbonyl (C=O) groups is 1. The lowest BCUT2D eigenvalue weighted by Crippen LogP contribution is -2.36. The number of hydrogen-bond donors (Lipinski definition) is 0. The number of piperidine rings is 1. The Hall–Kier alpha value is -2.86. The molecule has 6 nitrogen and oxygen atoms in total. The summed E-state index contributed by atoms with van der Waals surface area (Å²) in [5.41, 5.74) is 1.65. The quantitative estimate of drug-likeness (QED) is 0.659. The molecule has 0 saturated carbocycles. The van der Waals surface area contributed by atoms with E-state index in [4.69, 9.17) is 4.52 Å². The fraction of sp³-hybridized carbons (Fsp3) is 0.300. The molecule has 26 heavy (non-hydrogen) atoms. The summed E-state index contributed by atoms with van der Waals surface area (Å²) in [5.74, 6) is 1.50. The van der Waals surface area contributed by atoms with Gasteiger partial charge in [0.05, 0.1) is 6.54 Å². The van der Waals surface area contributed by atoms with Crippen molar-refractivity contribution in [3.8, 4) is 11.4 Å². The summed E-state index contributed by atoms with van der Waals surface area (Å²) in [6.07, 6.45) is 5.15. The molecule has 0 aliphatic carbocycles. The third-order valence-corrected chi connectivity index (χ3v) is 4.76. The van der Waals surface area contributed by atoms with Crippen LogP contribution in [0.4, 0.5) is 0 Å². The Labute approximate surface area is 151 Å². The fourth-order valence-corrected chi connectivity index (χ4v) is 3.31. The first-order valence-electron chi connectivity index (χ1n) is 8.84. The maximum absolute atomic E-state index is 12.6.